The summed E-state index contributed by atoms with van der Waals surface area (Å²) in [5.74, 6) is 0.879. The van der Waals surface area contributed by atoms with Crippen LogP contribution >= 0.6 is 0 Å². The van der Waals surface area contributed by atoms with E-state index in [1.54, 1.807) is 4.90 Å². The van der Waals surface area contributed by atoms with Gasteiger partial charge >= 0.3 is 0 Å². The Morgan fingerprint density at radius 3 is 2.95 bits per heavy atom. The molecule has 1 aromatic carbocycles. The van der Waals surface area contributed by atoms with Crippen molar-refractivity contribution < 1.29 is 14.3 Å². The molecule has 0 aromatic heterocycles. The van der Waals surface area contributed by atoms with E-state index in [0.717, 1.165) is 16.9 Å². The molecular weight excluding hydrogens is 268 g/mol. The molecule has 0 aliphatic carbocycles. The zero-order valence-corrected chi connectivity index (χ0v) is 12.6. The van der Waals surface area contributed by atoms with Gasteiger partial charge in [-0.3, -0.25) is 9.59 Å². The normalized spacial score (nSPS) is 15.3. The van der Waals surface area contributed by atoms with Gasteiger partial charge < -0.3 is 15.0 Å². The van der Waals surface area contributed by atoms with Gasteiger partial charge in [-0.05, 0) is 31.0 Å². The van der Waals surface area contributed by atoms with E-state index in [1.165, 1.54) is 0 Å². The molecule has 114 valence electrons. The maximum Gasteiger partial charge on any atom is 0.226 e. The molecule has 5 nitrogen and oxygen atoms in total. The van der Waals surface area contributed by atoms with Crippen LogP contribution in [-0.4, -0.2) is 43.0 Å². The molecule has 0 unspecified atom stereocenters. The van der Waals surface area contributed by atoms with Gasteiger partial charge in [0.25, 0.3) is 0 Å². The minimum Gasteiger partial charge on any atom is -0.493 e. The lowest BCUT2D eigenvalue weighted by Crippen LogP contribution is -2.34. The van der Waals surface area contributed by atoms with E-state index in [-0.39, 0.29) is 11.8 Å². The fourth-order valence-electron chi connectivity index (χ4n) is 2.29. The lowest BCUT2D eigenvalue weighted by molar-refractivity contribution is -0.131. The topological polar surface area (TPSA) is 58.6 Å². The average molecular weight is 290 g/mol. The number of carbonyl (C=O) groups is 2. The minimum absolute atomic E-state index is 0.0111. The fraction of sp³-hybridized carbons (Fsp3) is 0.500. The predicted octanol–water partition coefficient (Wildman–Crippen LogP) is 1.42. The first-order chi connectivity index (χ1) is 10.1. The molecule has 1 aliphatic rings. The molecule has 0 atom stereocenters. The number of aryl methyl sites for hydroxylation is 2. The molecule has 21 heavy (non-hydrogen) atoms. The Kier molecular flexibility index (Phi) is 5.20. The van der Waals surface area contributed by atoms with Gasteiger partial charge in [0.05, 0.1) is 13.0 Å². The second-order valence-electron chi connectivity index (χ2n) is 5.35. The second-order valence-corrected chi connectivity index (χ2v) is 5.35. The van der Waals surface area contributed by atoms with Crippen molar-refractivity contribution in [3.63, 3.8) is 0 Å². The number of benzene rings is 1. The number of ether oxygens (including phenoxy) is 1. The van der Waals surface area contributed by atoms with E-state index >= 15 is 0 Å². The number of amides is 2. The first-order valence-electron chi connectivity index (χ1n) is 7.31. The molecule has 1 heterocycles. The maximum atomic E-state index is 12.1. The number of nitrogens with zero attached hydrogens (tertiary/aromatic N) is 1. The van der Waals surface area contributed by atoms with Crippen molar-refractivity contribution in [1.29, 1.82) is 0 Å². The highest BCUT2D eigenvalue weighted by Gasteiger charge is 2.18. The molecule has 2 amide bonds. The third-order valence-electron chi connectivity index (χ3n) is 3.58. The highest BCUT2D eigenvalue weighted by molar-refractivity contribution is 5.80. The summed E-state index contributed by atoms with van der Waals surface area (Å²) in [6, 6.07) is 6.03. The monoisotopic (exact) mass is 290 g/mol. The fourth-order valence-corrected chi connectivity index (χ4v) is 2.29. The highest BCUT2D eigenvalue weighted by Crippen LogP contribution is 2.19. The number of hydrogen-bond acceptors (Lipinski definition) is 3. The predicted molar refractivity (Wildman–Crippen MR) is 80.2 cm³/mol. The summed E-state index contributed by atoms with van der Waals surface area (Å²) < 4.78 is 5.70. The van der Waals surface area contributed by atoms with Gasteiger partial charge in [0.15, 0.2) is 0 Å². The standard InChI is InChI=1S/C16H22N2O3/c1-12-3-4-13(2)14(11-12)21-10-6-16(20)18-8-5-15(19)17-7-9-18/h3-4,11H,5-10H2,1-2H3,(H,17,19). The van der Waals surface area contributed by atoms with Crippen LogP contribution in [0.25, 0.3) is 0 Å². The summed E-state index contributed by atoms with van der Waals surface area (Å²) in [6.45, 7) is 5.97. The van der Waals surface area contributed by atoms with E-state index in [9.17, 15) is 9.59 Å². The number of nitrogens with one attached hydrogen (secondary N) is 1. The smallest absolute Gasteiger partial charge is 0.226 e. The molecular formula is C16H22N2O3. The summed E-state index contributed by atoms with van der Waals surface area (Å²) in [5.41, 5.74) is 2.21. The lowest BCUT2D eigenvalue weighted by Gasteiger charge is -2.19. The van der Waals surface area contributed by atoms with Gasteiger partial charge in [-0.15, -0.1) is 0 Å². The highest BCUT2D eigenvalue weighted by atomic mass is 16.5. The molecule has 0 spiro atoms. The zero-order valence-electron chi connectivity index (χ0n) is 12.6. The van der Waals surface area contributed by atoms with Crippen LogP contribution in [0.2, 0.25) is 0 Å². The first kappa shape index (κ1) is 15.4. The number of rotatable bonds is 4. The van der Waals surface area contributed by atoms with E-state index < -0.39 is 0 Å². The summed E-state index contributed by atoms with van der Waals surface area (Å²) in [4.78, 5) is 25.1. The van der Waals surface area contributed by atoms with Crippen molar-refractivity contribution >= 4 is 11.8 Å². The number of hydrogen-bond donors (Lipinski definition) is 1. The van der Waals surface area contributed by atoms with E-state index in [1.807, 2.05) is 32.0 Å². The van der Waals surface area contributed by atoms with E-state index in [0.29, 0.717) is 39.1 Å². The van der Waals surface area contributed by atoms with Crippen LogP contribution < -0.4 is 10.1 Å². The van der Waals surface area contributed by atoms with Crippen molar-refractivity contribution in [3.05, 3.63) is 29.3 Å². The Balaban J connectivity index is 1.81. The molecule has 5 heteroatoms. The zero-order chi connectivity index (χ0) is 15.2. The van der Waals surface area contributed by atoms with Crippen molar-refractivity contribution in [3.8, 4) is 5.75 Å². The Bertz CT molecular complexity index is 528. The third kappa shape index (κ3) is 4.48. The van der Waals surface area contributed by atoms with Crippen molar-refractivity contribution in [1.82, 2.24) is 10.2 Å². The van der Waals surface area contributed by atoms with Gasteiger partial charge in [0.2, 0.25) is 11.8 Å². The minimum atomic E-state index is 0.0111. The molecule has 1 aromatic rings. The molecule has 1 fully saturated rings. The SMILES string of the molecule is Cc1ccc(C)c(OCCC(=O)N2CCNC(=O)CC2)c1. The molecule has 0 radical (unpaired) electrons. The molecule has 1 saturated heterocycles. The summed E-state index contributed by atoms with van der Waals surface area (Å²) >= 11 is 0. The Morgan fingerprint density at radius 1 is 1.33 bits per heavy atom. The van der Waals surface area contributed by atoms with E-state index in [4.69, 9.17) is 4.74 Å². The molecule has 2 rings (SSSR count). The van der Waals surface area contributed by atoms with Gasteiger partial charge in [0, 0.05) is 26.1 Å². The van der Waals surface area contributed by atoms with Crippen LogP contribution in [0.4, 0.5) is 0 Å². The van der Waals surface area contributed by atoms with E-state index in [2.05, 4.69) is 5.32 Å². The van der Waals surface area contributed by atoms with Crippen LogP contribution in [0.5, 0.6) is 5.75 Å². The van der Waals surface area contributed by atoms with Crippen LogP contribution in [0.3, 0.4) is 0 Å². The molecule has 1 N–H and O–H groups in total. The quantitative estimate of drug-likeness (QED) is 0.912. The van der Waals surface area contributed by atoms with Crippen LogP contribution in [0.1, 0.15) is 24.0 Å². The second kappa shape index (κ2) is 7.11. The first-order valence-corrected chi connectivity index (χ1v) is 7.31. The van der Waals surface area contributed by atoms with Crippen LogP contribution in [-0.2, 0) is 9.59 Å². The largest absolute Gasteiger partial charge is 0.493 e. The summed E-state index contributed by atoms with van der Waals surface area (Å²) in [6.07, 6.45) is 0.713. The van der Waals surface area contributed by atoms with Crippen molar-refractivity contribution in [2.45, 2.75) is 26.7 Å². The van der Waals surface area contributed by atoms with Crippen LogP contribution in [0, 0.1) is 13.8 Å². The van der Waals surface area contributed by atoms with Crippen LogP contribution in [0.15, 0.2) is 18.2 Å². The lowest BCUT2D eigenvalue weighted by atomic mass is 10.1. The molecule has 1 aliphatic heterocycles. The Morgan fingerprint density at radius 2 is 2.14 bits per heavy atom. The Labute approximate surface area is 125 Å². The maximum absolute atomic E-state index is 12.1. The van der Waals surface area contributed by atoms with Gasteiger partial charge in [-0.25, -0.2) is 0 Å². The van der Waals surface area contributed by atoms with Gasteiger partial charge in [-0.1, -0.05) is 12.1 Å². The van der Waals surface area contributed by atoms with Gasteiger partial charge in [0.1, 0.15) is 5.75 Å². The third-order valence-corrected chi connectivity index (χ3v) is 3.58. The van der Waals surface area contributed by atoms with Crippen molar-refractivity contribution in [2.24, 2.45) is 0 Å². The molecule has 0 bridgehead atoms. The Hall–Kier alpha value is -2.04. The van der Waals surface area contributed by atoms with Crippen molar-refractivity contribution in [2.75, 3.05) is 26.2 Å². The summed E-state index contributed by atoms with van der Waals surface area (Å²) in [5, 5.41) is 2.76. The molecule has 0 saturated carbocycles. The average Bonchev–Trinajstić information content (AvgIpc) is 2.67. The number of carbonyl (C=O) groups excluding carboxylic acids is 2. The summed E-state index contributed by atoms with van der Waals surface area (Å²) in [7, 11) is 0. The van der Waals surface area contributed by atoms with Gasteiger partial charge in [-0.2, -0.15) is 0 Å².